The van der Waals surface area contributed by atoms with Gasteiger partial charge in [-0.2, -0.15) is 0 Å². The molecule has 2 N–H and O–H groups in total. The van der Waals surface area contributed by atoms with Gasteiger partial charge in [0.2, 0.25) is 0 Å². The smallest absolute Gasteiger partial charge is 0.317 e. The Morgan fingerprint density at radius 3 is 3.00 bits per heavy atom. The molecule has 7 heteroatoms. The summed E-state index contributed by atoms with van der Waals surface area (Å²) in [7, 11) is 0. The normalized spacial score (nSPS) is 15.4. The number of nitrogens with zero attached hydrogens (tertiary/aromatic N) is 3. The summed E-state index contributed by atoms with van der Waals surface area (Å²) < 4.78 is 2.05. The molecule has 0 bridgehead atoms. The molecule has 2 rings (SSSR count). The molecule has 0 fully saturated rings. The summed E-state index contributed by atoms with van der Waals surface area (Å²) in [6.07, 6.45) is 5.30. The van der Waals surface area contributed by atoms with E-state index in [1.54, 1.807) is 11.1 Å². The van der Waals surface area contributed by atoms with Crippen molar-refractivity contribution in [2.75, 3.05) is 13.1 Å². The third kappa shape index (κ3) is 4.47. The maximum atomic E-state index is 12.1. The first-order chi connectivity index (χ1) is 10.1. The van der Waals surface area contributed by atoms with E-state index in [-0.39, 0.29) is 12.5 Å². The van der Waals surface area contributed by atoms with Gasteiger partial charge < -0.3 is 19.9 Å². The maximum Gasteiger partial charge on any atom is 0.317 e. The van der Waals surface area contributed by atoms with Crippen molar-refractivity contribution in [1.29, 1.82) is 0 Å². The summed E-state index contributed by atoms with van der Waals surface area (Å²) in [6.45, 7) is 4.58. The van der Waals surface area contributed by atoms with Crippen molar-refractivity contribution in [3.63, 3.8) is 0 Å². The fraction of sp³-hybridized carbons (Fsp3) is 0.643. The Morgan fingerprint density at radius 1 is 1.43 bits per heavy atom. The minimum Gasteiger partial charge on any atom is -0.481 e. The zero-order chi connectivity index (χ0) is 15.2. The van der Waals surface area contributed by atoms with Crippen LogP contribution in [0.25, 0.3) is 0 Å². The van der Waals surface area contributed by atoms with Gasteiger partial charge in [-0.1, -0.05) is 6.92 Å². The largest absolute Gasteiger partial charge is 0.481 e. The van der Waals surface area contributed by atoms with Crippen LogP contribution in [0, 0.1) is 5.92 Å². The topological polar surface area (TPSA) is 87.5 Å². The van der Waals surface area contributed by atoms with Gasteiger partial charge in [0.15, 0.2) is 0 Å². The molecule has 0 radical (unpaired) electrons. The van der Waals surface area contributed by atoms with Crippen molar-refractivity contribution in [1.82, 2.24) is 19.8 Å². The van der Waals surface area contributed by atoms with Crippen molar-refractivity contribution in [2.24, 2.45) is 5.92 Å². The van der Waals surface area contributed by atoms with Crippen molar-refractivity contribution >= 4 is 12.0 Å². The molecule has 1 atom stereocenters. The highest BCUT2D eigenvalue weighted by Gasteiger charge is 2.20. The van der Waals surface area contributed by atoms with E-state index < -0.39 is 5.97 Å². The Balaban J connectivity index is 1.67. The number of hydrogen-bond donors (Lipinski definition) is 2. The van der Waals surface area contributed by atoms with Crippen molar-refractivity contribution in [3.8, 4) is 0 Å². The van der Waals surface area contributed by atoms with Crippen LogP contribution in [0.4, 0.5) is 4.79 Å². The molecule has 7 nitrogen and oxygen atoms in total. The van der Waals surface area contributed by atoms with E-state index in [2.05, 4.69) is 14.9 Å². The summed E-state index contributed by atoms with van der Waals surface area (Å²) in [4.78, 5) is 28.5. The van der Waals surface area contributed by atoms with E-state index in [4.69, 9.17) is 5.11 Å². The van der Waals surface area contributed by atoms with Crippen molar-refractivity contribution < 1.29 is 14.7 Å². The van der Waals surface area contributed by atoms with E-state index >= 15 is 0 Å². The lowest BCUT2D eigenvalue weighted by molar-refractivity contribution is -0.137. The van der Waals surface area contributed by atoms with Crippen molar-refractivity contribution in [2.45, 2.75) is 39.3 Å². The second kappa shape index (κ2) is 7.10. The van der Waals surface area contributed by atoms with E-state index in [9.17, 15) is 9.59 Å². The molecule has 1 aliphatic heterocycles. The summed E-state index contributed by atoms with van der Waals surface area (Å²) in [5.41, 5.74) is 0. The second-order valence-electron chi connectivity index (χ2n) is 5.52. The molecule has 0 spiro atoms. The minimum atomic E-state index is -0.769. The zero-order valence-corrected chi connectivity index (χ0v) is 12.3. The number of carbonyl (C=O) groups excluding carboxylic acids is 1. The Bertz CT molecular complexity index is 500. The fourth-order valence-corrected chi connectivity index (χ4v) is 2.40. The lowest BCUT2D eigenvalue weighted by Gasteiger charge is -2.28. The number of aliphatic carboxylic acids is 1. The number of nitrogens with one attached hydrogen (secondary N) is 1. The van der Waals surface area contributed by atoms with Gasteiger partial charge in [0.05, 0.1) is 6.54 Å². The maximum absolute atomic E-state index is 12.1. The number of amides is 2. The quantitative estimate of drug-likeness (QED) is 0.828. The summed E-state index contributed by atoms with van der Waals surface area (Å²) >= 11 is 0. The predicted molar refractivity (Wildman–Crippen MR) is 76.7 cm³/mol. The van der Waals surface area contributed by atoms with Crippen molar-refractivity contribution in [3.05, 3.63) is 18.2 Å². The third-order valence-corrected chi connectivity index (χ3v) is 3.80. The Kier molecular flexibility index (Phi) is 5.19. The van der Waals surface area contributed by atoms with Crippen LogP contribution >= 0.6 is 0 Å². The van der Waals surface area contributed by atoms with E-state index in [0.29, 0.717) is 32.0 Å². The predicted octanol–water partition coefficient (Wildman–Crippen LogP) is 1.30. The molecule has 116 valence electrons. The van der Waals surface area contributed by atoms with Crippen LogP contribution in [0.2, 0.25) is 0 Å². The number of urea groups is 1. The Morgan fingerprint density at radius 2 is 2.24 bits per heavy atom. The molecule has 2 amide bonds. The summed E-state index contributed by atoms with van der Waals surface area (Å²) in [5.74, 6) is 0.433. The average molecular weight is 294 g/mol. The summed E-state index contributed by atoms with van der Waals surface area (Å²) in [5, 5.41) is 11.5. The van der Waals surface area contributed by atoms with Crippen LogP contribution in [-0.4, -0.2) is 44.6 Å². The van der Waals surface area contributed by atoms with Gasteiger partial charge in [0.1, 0.15) is 5.82 Å². The molecule has 0 saturated carbocycles. The number of carbonyl (C=O) groups is 2. The number of imidazole rings is 1. The molecule has 2 heterocycles. The SMILES string of the molecule is CC(CCNC(=O)N1CCn2ccnc2C1)CCC(=O)O. The summed E-state index contributed by atoms with van der Waals surface area (Å²) in [6, 6.07) is -0.0744. The van der Waals surface area contributed by atoms with E-state index in [0.717, 1.165) is 18.8 Å². The van der Waals surface area contributed by atoms with Gasteiger partial charge in [0.25, 0.3) is 0 Å². The first-order valence-corrected chi connectivity index (χ1v) is 7.31. The highest BCUT2D eigenvalue weighted by Crippen LogP contribution is 2.11. The number of hydrogen-bond acceptors (Lipinski definition) is 3. The highest BCUT2D eigenvalue weighted by molar-refractivity contribution is 5.74. The molecule has 1 aromatic rings. The number of fused-ring (bicyclic) bond motifs is 1. The van der Waals surface area contributed by atoms with Gasteiger partial charge in [-0.3, -0.25) is 4.79 Å². The third-order valence-electron chi connectivity index (χ3n) is 3.80. The molecule has 1 unspecified atom stereocenters. The molecule has 0 aliphatic carbocycles. The highest BCUT2D eigenvalue weighted by atomic mass is 16.4. The van der Waals surface area contributed by atoms with E-state index in [1.165, 1.54) is 0 Å². The molecule has 0 aromatic carbocycles. The molecule has 1 aliphatic rings. The molecule has 0 saturated heterocycles. The lowest BCUT2D eigenvalue weighted by Crippen LogP contribution is -2.44. The molecule has 21 heavy (non-hydrogen) atoms. The standard InChI is InChI=1S/C14H22N4O3/c1-11(2-3-13(19)20)4-5-16-14(21)18-9-8-17-7-6-15-12(17)10-18/h6-7,11H,2-5,8-10H2,1H3,(H,16,21)(H,19,20). The minimum absolute atomic E-state index is 0.0744. The monoisotopic (exact) mass is 294 g/mol. The number of aromatic nitrogens is 2. The Hall–Kier alpha value is -2.05. The van der Waals surface area contributed by atoms with Gasteiger partial charge in [-0.15, -0.1) is 0 Å². The second-order valence-corrected chi connectivity index (χ2v) is 5.52. The molecule has 1 aromatic heterocycles. The molecular formula is C14H22N4O3. The number of rotatable bonds is 6. The molecular weight excluding hydrogens is 272 g/mol. The lowest BCUT2D eigenvalue weighted by atomic mass is 10.0. The van der Waals surface area contributed by atoms with Crippen LogP contribution in [-0.2, 0) is 17.9 Å². The van der Waals surface area contributed by atoms with Gasteiger partial charge in [0, 0.05) is 38.4 Å². The Labute approximate surface area is 124 Å². The number of carboxylic acids is 1. The van der Waals surface area contributed by atoms with Gasteiger partial charge in [-0.05, 0) is 18.8 Å². The fourth-order valence-electron chi connectivity index (χ4n) is 2.40. The van der Waals surface area contributed by atoms with Crippen LogP contribution in [0.1, 0.15) is 32.0 Å². The zero-order valence-electron chi connectivity index (χ0n) is 12.3. The van der Waals surface area contributed by atoms with Gasteiger partial charge >= 0.3 is 12.0 Å². The number of carboxylic acid groups (broad SMARTS) is 1. The van der Waals surface area contributed by atoms with Crippen LogP contribution in [0.3, 0.4) is 0 Å². The first kappa shape index (κ1) is 15.3. The van der Waals surface area contributed by atoms with E-state index in [1.807, 2.05) is 13.1 Å². The first-order valence-electron chi connectivity index (χ1n) is 7.31. The van der Waals surface area contributed by atoms with Crippen LogP contribution < -0.4 is 5.32 Å². The van der Waals surface area contributed by atoms with Crippen LogP contribution in [0.5, 0.6) is 0 Å². The van der Waals surface area contributed by atoms with Crippen LogP contribution in [0.15, 0.2) is 12.4 Å². The van der Waals surface area contributed by atoms with Gasteiger partial charge in [-0.25, -0.2) is 9.78 Å². The average Bonchev–Trinajstić information content (AvgIpc) is 2.92.